The zero-order valence-corrected chi connectivity index (χ0v) is 17.2. The van der Waals surface area contributed by atoms with E-state index in [1.54, 1.807) is 18.2 Å². The Bertz CT molecular complexity index is 943. The first-order valence-electron chi connectivity index (χ1n) is 9.05. The lowest BCUT2D eigenvalue weighted by molar-refractivity contribution is 0.0172. The predicted octanol–water partition coefficient (Wildman–Crippen LogP) is 2.89. The van der Waals surface area contributed by atoms with Gasteiger partial charge in [-0.05, 0) is 36.8 Å². The molecular formula is C20H23ClN2O4S. The molecule has 150 valence electrons. The number of hydrogen-bond donors (Lipinski definition) is 1. The van der Waals surface area contributed by atoms with Crippen LogP contribution in [0.15, 0.2) is 53.4 Å². The third-order valence-corrected chi connectivity index (χ3v) is 6.39. The number of carbonyl (C=O) groups is 1. The maximum absolute atomic E-state index is 12.8. The first kappa shape index (κ1) is 21.0. The van der Waals surface area contributed by atoms with Crippen LogP contribution in [0.4, 0.5) is 0 Å². The van der Waals surface area contributed by atoms with Crippen LogP contribution in [0.3, 0.4) is 0 Å². The molecule has 1 saturated heterocycles. The molecule has 1 unspecified atom stereocenters. The standard InChI is InChI=1S/C20H23ClN2O4S/c1-15(24)16-4-3-7-19(13-16)28(25,26)22-14-20(23-8-10-27-11-9-23)17-5-2-6-18(21)12-17/h2-7,12-13,20,22H,8-11,14H2,1H3. The summed E-state index contributed by atoms with van der Waals surface area (Å²) < 4.78 is 33.7. The van der Waals surface area contributed by atoms with Crippen LogP contribution in [0.2, 0.25) is 5.02 Å². The number of benzene rings is 2. The van der Waals surface area contributed by atoms with E-state index in [4.69, 9.17) is 16.3 Å². The molecule has 0 bridgehead atoms. The second kappa shape index (κ2) is 9.15. The van der Waals surface area contributed by atoms with Crippen LogP contribution in [0.5, 0.6) is 0 Å². The summed E-state index contributed by atoms with van der Waals surface area (Å²) in [7, 11) is -3.76. The lowest BCUT2D eigenvalue weighted by atomic mass is 10.1. The number of hydrogen-bond acceptors (Lipinski definition) is 5. The number of nitrogens with one attached hydrogen (secondary N) is 1. The summed E-state index contributed by atoms with van der Waals surface area (Å²) in [5.41, 5.74) is 1.30. The van der Waals surface area contributed by atoms with Gasteiger partial charge >= 0.3 is 0 Å². The van der Waals surface area contributed by atoms with Crippen LogP contribution in [0.25, 0.3) is 0 Å². The molecule has 2 aromatic carbocycles. The first-order valence-corrected chi connectivity index (χ1v) is 10.9. The lowest BCUT2D eigenvalue weighted by Crippen LogP contribution is -2.43. The van der Waals surface area contributed by atoms with Gasteiger partial charge in [0.15, 0.2) is 5.78 Å². The van der Waals surface area contributed by atoms with Crippen molar-refractivity contribution in [1.29, 1.82) is 0 Å². The number of morpholine rings is 1. The van der Waals surface area contributed by atoms with E-state index in [-0.39, 0.29) is 23.3 Å². The van der Waals surface area contributed by atoms with E-state index in [0.717, 1.165) is 5.56 Å². The molecule has 0 amide bonds. The van der Waals surface area contributed by atoms with E-state index in [9.17, 15) is 13.2 Å². The highest BCUT2D eigenvalue weighted by atomic mass is 35.5. The predicted molar refractivity (Wildman–Crippen MR) is 108 cm³/mol. The van der Waals surface area contributed by atoms with Gasteiger partial charge in [-0.2, -0.15) is 0 Å². The van der Waals surface area contributed by atoms with Crippen molar-refractivity contribution >= 4 is 27.4 Å². The highest BCUT2D eigenvalue weighted by Crippen LogP contribution is 2.24. The number of nitrogens with zero attached hydrogens (tertiary/aromatic N) is 1. The van der Waals surface area contributed by atoms with Crippen LogP contribution in [0.1, 0.15) is 28.9 Å². The van der Waals surface area contributed by atoms with E-state index in [0.29, 0.717) is 36.9 Å². The molecule has 2 aromatic rings. The van der Waals surface area contributed by atoms with E-state index < -0.39 is 10.0 Å². The van der Waals surface area contributed by atoms with E-state index >= 15 is 0 Å². The second-order valence-corrected chi connectivity index (χ2v) is 8.86. The van der Waals surface area contributed by atoms with E-state index in [1.807, 2.05) is 18.2 Å². The Labute approximate surface area is 170 Å². The Balaban J connectivity index is 1.82. The number of rotatable bonds is 7. The van der Waals surface area contributed by atoms with Crippen LogP contribution in [-0.2, 0) is 14.8 Å². The zero-order valence-electron chi connectivity index (χ0n) is 15.6. The molecule has 0 aromatic heterocycles. The molecule has 8 heteroatoms. The monoisotopic (exact) mass is 422 g/mol. The SMILES string of the molecule is CC(=O)c1cccc(S(=O)(=O)NCC(c2cccc(Cl)c2)N2CCOCC2)c1. The molecule has 6 nitrogen and oxygen atoms in total. The van der Waals surface area contributed by atoms with E-state index in [1.165, 1.54) is 19.1 Å². The maximum Gasteiger partial charge on any atom is 0.240 e. The summed E-state index contributed by atoms with van der Waals surface area (Å²) in [4.78, 5) is 13.8. The third kappa shape index (κ3) is 5.18. The zero-order chi connectivity index (χ0) is 20.1. The van der Waals surface area contributed by atoms with Gasteiger partial charge in [0, 0.05) is 36.3 Å². The molecular weight excluding hydrogens is 400 g/mol. The summed E-state index contributed by atoms with van der Waals surface area (Å²) in [6, 6.07) is 13.3. The molecule has 1 heterocycles. The summed E-state index contributed by atoms with van der Waals surface area (Å²) in [6.45, 7) is 4.21. The average molecular weight is 423 g/mol. The van der Waals surface area contributed by atoms with Crippen LogP contribution in [0, 0.1) is 0 Å². The fraction of sp³-hybridized carbons (Fsp3) is 0.350. The Morgan fingerprint density at radius 1 is 1.18 bits per heavy atom. The first-order chi connectivity index (χ1) is 13.4. The van der Waals surface area contributed by atoms with Crippen molar-refractivity contribution in [3.63, 3.8) is 0 Å². The molecule has 1 fully saturated rings. The van der Waals surface area contributed by atoms with Crippen molar-refractivity contribution < 1.29 is 17.9 Å². The van der Waals surface area contributed by atoms with Gasteiger partial charge in [-0.25, -0.2) is 13.1 Å². The highest BCUT2D eigenvalue weighted by Gasteiger charge is 2.25. The third-order valence-electron chi connectivity index (χ3n) is 4.74. The molecule has 1 N–H and O–H groups in total. The quantitative estimate of drug-likeness (QED) is 0.694. The van der Waals surface area contributed by atoms with Crippen molar-refractivity contribution in [2.75, 3.05) is 32.8 Å². The summed E-state index contributed by atoms with van der Waals surface area (Å²) in [5.74, 6) is -0.179. The van der Waals surface area contributed by atoms with Gasteiger partial charge in [-0.1, -0.05) is 35.9 Å². The van der Waals surface area contributed by atoms with Crippen molar-refractivity contribution in [3.05, 3.63) is 64.7 Å². The molecule has 0 aliphatic carbocycles. The number of sulfonamides is 1. The van der Waals surface area contributed by atoms with Gasteiger partial charge in [0.1, 0.15) is 0 Å². The molecule has 1 aliphatic rings. The Morgan fingerprint density at radius 2 is 1.89 bits per heavy atom. The average Bonchev–Trinajstić information content (AvgIpc) is 2.69. The Hall–Kier alpha value is -1.77. The minimum absolute atomic E-state index is 0.0759. The molecule has 28 heavy (non-hydrogen) atoms. The lowest BCUT2D eigenvalue weighted by Gasteiger charge is -2.35. The number of halogens is 1. The minimum Gasteiger partial charge on any atom is -0.379 e. The fourth-order valence-corrected chi connectivity index (χ4v) is 4.50. The molecule has 1 atom stereocenters. The molecule has 0 spiro atoms. The summed E-state index contributed by atoms with van der Waals surface area (Å²) >= 11 is 6.15. The molecule has 0 radical (unpaired) electrons. The minimum atomic E-state index is -3.76. The summed E-state index contributed by atoms with van der Waals surface area (Å²) in [5, 5.41) is 0.604. The van der Waals surface area contributed by atoms with Crippen molar-refractivity contribution in [1.82, 2.24) is 9.62 Å². The molecule has 3 rings (SSSR count). The topological polar surface area (TPSA) is 75.7 Å². The largest absolute Gasteiger partial charge is 0.379 e. The van der Waals surface area contributed by atoms with Gasteiger partial charge < -0.3 is 4.74 Å². The fourth-order valence-electron chi connectivity index (χ4n) is 3.21. The van der Waals surface area contributed by atoms with Crippen LogP contribution < -0.4 is 4.72 Å². The smallest absolute Gasteiger partial charge is 0.240 e. The van der Waals surface area contributed by atoms with Gasteiger partial charge in [0.2, 0.25) is 10.0 Å². The van der Waals surface area contributed by atoms with E-state index in [2.05, 4.69) is 9.62 Å². The molecule has 1 aliphatic heterocycles. The van der Waals surface area contributed by atoms with Gasteiger partial charge in [0.25, 0.3) is 0 Å². The Morgan fingerprint density at radius 3 is 2.57 bits per heavy atom. The van der Waals surface area contributed by atoms with Crippen molar-refractivity contribution in [3.8, 4) is 0 Å². The van der Waals surface area contributed by atoms with Gasteiger partial charge in [-0.3, -0.25) is 9.69 Å². The molecule has 0 saturated carbocycles. The number of Topliss-reactive ketones (excluding diaryl/α,β-unsaturated/α-hetero) is 1. The normalized spacial score (nSPS) is 16.6. The van der Waals surface area contributed by atoms with Crippen LogP contribution in [-0.4, -0.2) is 51.9 Å². The maximum atomic E-state index is 12.8. The van der Waals surface area contributed by atoms with Crippen molar-refractivity contribution in [2.24, 2.45) is 0 Å². The summed E-state index contributed by atoms with van der Waals surface area (Å²) in [6.07, 6.45) is 0. The number of ketones is 1. The highest BCUT2D eigenvalue weighted by molar-refractivity contribution is 7.89. The van der Waals surface area contributed by atoms with Gasteiger partial charge in [0.05, 0.1) is 18.1 Å². The second-order valence-electron chi connectivity index (χ2n) is 6.66. The van der Waals surface area contributed by atoms with Crippen molar-refractivity contribution in [2.45, 2.75) is 17.9 Å². The number of ether oxygens (including phenoxy) is 1. The Kier molecular flexibility index (Phi) is 6.85. The van der Waals surface area contributed by atoms with Gasteiger partial charge in [-0.15, -0.1) is 0 Å². The number of carbonyl (C=O) groups excluding carboxylic acids is 1. The van der Waals surface area contributed by atoms with Crippen LogP contribution >= 0.6 is 11.6 Å².